The number of amides is 1. The third-order valence-corrected chi connectivity index (χ3v) is 4.66. The van der Waals surface area contributed by atoms with E-state index in [9.17, 15) is 4.79 Å². The van der Waals surface area contributed by atoms with Gasteiger partial charge >= 0.3 is 0 Å². The average molecular weight is 415 g/mol. The topological polar surface area (TPSA) is 95.9 Å². The van der Waals surface area contributed by atoms with Crippen LogP contribution < -0.4 is 9.64 Å². The molecule has 1 amide bonds. The second-order valence-electron chi connectivity index (χ2n) is 8.19. The summed E-state index contributed by atoms with van der Waals surface area (Å²) >= 11 is 0. The van der Waals surface area contributed by atoms with Crippen molar-refractivity contribution in [3.8, 4) is 16.9 Å². The van der Waals surface area contributed by atoms with Crippen molar-refractivity contribution >= 4 is 18.2 Å². The molecular weight excluding hydrogens is 384 g/mol. The SMILES string of the molecule is Cc1cc(OC(C)(C)C)ccc1-c1c(C)ncnc1N1CCN(C)C(=O)C1.O=CO. The molecule has 1 fully saturated rings. The van der Waals surface area contributed by atoms with Gasteiger partial charge in [-0.25, -0.2) is 9.97 Å². The molecule has 8 heteroatoms. The Morgan fingerprint density at radius 1 is 1.17 bits per heavy atom. The molecule has 1 aliphatic heterocycles. The maximum Gasteiger partial charge on any atom is 0.290 e. The molecule has 0 unspecified atom stereocenters. The van der Waals surface area contributed by atoms with Gasteiger partial charge in [-0.2, -0.15) is 0 Å². The number of nitrogens with zero attached hydrogens (tertiary/aromatic N) is 4. The van der Waals surface area contributed by atoms with Crippen molar-refractivity contribution in [3.05, 3.63) is 35.8 Å². The summed E-state index contributed by atoms with van der Waals surface area (Å²) in [5.41, 5.74) is 3.80. The van der Waals surface area contributed by atoms with E-state index < -0.39 is 0 Å². The molecule has 0 saturated carbocycles. The lowest BCUT2D eigenvalue weighted by atomic mass is 9.98. The second-order valence-corrected chi connectivity index (χ2v) is 8.19. The highest BCUT2D eigenvalue weighted by Crippen LogP contribution is 2.35. The molecule has 1 saturated heterocycles. The summed E-state index contributed by atoms with van der Waals surface area (Å²) in [6.07, 6.45) is 1.57. The van der Waals surface area contributed by atoms with Gasteiger partial charge in [-0.1, -0.05) is 6.07 Å². The van der Waals surface area contributed by atoms with E-state index in [4.69, 9.17) is 14.6 Å². The fourth-order valence-electron chi connectivity index (χ4n) is 3.29. The van der Waals surface area contributed by atoms with Crippen molar-refractivity contribution in [2.45, 2.75) is 40.2 Å². The van der Waals surface area contributed by atoms with Gasteiger partial charge in [-0.3, -0.25) is 9.59 Å². The summed E-state index contributed by atoms with van der Waals surface area (Å²) < 4.78 is 5.98. The molecule has 0 spiro atoms. The number of benzene rings is 1. The summed E-state index contributed by atoms with van der Waals surface area (Å²) in [5.74, 6) is 1.76. The third-order valence-electron chi connectivity index (χ3n) is 4.66. The molecule has 2 aromatic rings. The number of carbonyl (C=O) groups is 2. The minimum absolute atomic E-state index is 0.106. The Morgan fingerprint density at radius 3 is 2.40 bits per heavy atom. The maximum absolute atomic E-state index is 12.2. The monoisotopic (exact) mass is 414 g/mol. The van der Waals surface area contributed by atoms with E-state index in [1.54, 1.807) is 11.2 Å². The van der Waals surface area contributed by atoms with Crippen LogP contribution in [-0.4, -0.2) is 64.6 Å². The van der Waals surface area contributed by atoms with E-state index in [0.29, 0.717) is 13.1 Å². The van der Waals surface area contributed by atoms with Crippen molar-refractivity contribution in [3.63, 3.8) is 0 Å². The minimum Gasteiger partial charge on any atom is -0.488 e. The lowest BCUT2D eigenvalue weighted by Gasteiger charge is -2.34. The van der Waals surface area contributed by atoms with Gasteiger partial charge in [0.15, 0.2) is 0 Å². The van der Waals surface area contributed by atoms with Gasteiger partial charge < -0.3 is 19.6 Å². The summed E-state index contributed by atoms with van der Waals surface area (Å²) in [5, 5.41) is 6.89. The molecule has 1 N–H and O–H groups in total. The molecule has 0 aliphatic carbocycles. The number of likely N-dealkylation sites (N-methyl/N-ethyl adjacent to an activating group) is 1. The van der Waals surface area contributed by atoms with Crippen LogP contribution in [0.3, 0.4) is 0 Å². The van der Waals surface area contributed by atoms with Gasteiger partial charge in [-0.05, 0) is 57.9 Å². The van der Waals surface area contributed by atoms with Crippen molar-refractivity contribution < 1.29 is 19.4 Å². The van der Waals surface area contributed by atoms with Crippen LogP contribution in [0.15, 0.2) is 24.5 Å². The van der Waals surface area contributed by atoms with E-state index >= 15 is 0 Å². The first-order valence-corrected chi connectivity index (χ1v) is 9.75. The highest BCUT2D eigenvalue weighted by Gasteiger charge is 2.26. The van der Waals surface area contributed by atoms with Crippen LogP contribution in [-0.2, 0) is 9.59 Å². The van der Waals surface area contributed by atoms with Crippen LogP contribution in [0.5, 0.6) is 5.75 Å². The number of anilines is 1. The summed E-state index contributed by atoms with van der Waals surface area (Å²) in [4.78, 5) is 33.3. The smallest absolute Gasteiger partial charge is 0.290 e. The number of aromatic nitrogens is 2. The number of piperazine rings is 1. The van der Waals surface area contributed by atoms with E-state index in [2.05, 4.69) is 23.0 Å². The number of hydrogen-bond acceptors (Lipinski definition) is 6. The molecule has 0 bridgehead atoms. The molecule has 2 heterocycles. The molecule has 0 atom stereocenters. The predicted octanol–water partition coefficient (Wildman–Crippen LogP) is 2.92. The van der Waals surface area contributed by atoms with Gasteiger partial charge in [0, 0.05) is 25.7 Å². The normalized spacial score (nSPS) is 14.1. The Morgan fingerprint density at radius 2 is 1.83 bits per heavy atom. The molecule has 162 valence electrons. The van der Waals surface area contributed by atoms with Gasteiger partial charge in [0.05, 0.1) is 12.2 Å². The van der Waals surface area contributed by atoms with Gasteiger partial charge in [-0.15, -0.1) is 0 Å². The fourth-order valence-corrected chi connectivity index (χ4v) is 3.29. The average Bonchev–Trinajstić information content (AvgIpc) is 2.64. The Labute approximate surface area is 177 Å². The largest absolute Gasteiger partial charge is 0.488 e. The highest BCUT2D eigenvalue weighted by atomic mass is 16.5. The Bertz CT molecular complexity index is 908. The first-order chi connectivity index (χ1) is 14.1. The Hall–Kier alpha value is -3.16. The molecule has 8 nitrogen and oxygen atoms in total. The number of hydrogen-bond donors (Lipinski definition) is 1. The predicted molar refractivity (Wildman–Crippen MR) is 116 cm³/mol. The summed E-state index contributed by atoms with van der Waals surface area (Å²) in [6.45, 7) is 11.7. The summed E-state index contributed by atoms with van der Waals surface area (Å²) in [7, 11) is 1.84. The standard InChI is InChI=1S/C21H28N4O2.CH2O2/c1-14-11-16(27-21(3,4)5)7-8-17(14)19-15(2)22-13-23-20(19)25-10-9-24(6)18(26)12-25;2-1-3/h7-8,11,13H,9-10,12H2,1-6H3;1H,(H,2,3). The number of ether oxygens (including phenoxy) is 1. The van der Waals surface area contributed by atoms with Gasteiger partial charge in [0.25, 0.3) is 6.47 Å². The fraction of sp³-hybridized carbons (Fsp3) is 0.455. The van der Waals surface area contributed by atoms with E-state index in [1.165, 1.54) is 0 Å². The van der Waals surface area contributed by atoms with Crippen molar-refractivity contribution in [2.75, 3.05) is 31.6 Å². The zero-order valence-electron chi connectivity index (χ0n) is 18.5. The van der Waals surface area contributed by atoms with Crippen molar-refractivity contribution in [2.24, 2.45) is 0 Å². The van der Waals surface area contributed by atoms with E-state index in [1.807, 2.05) is 51.8 Å². The van der Waals surface area contributed by atoms with Gasteiger partial charge in [0.1, 0.15) is 23.5 Å². The highest BCUT2D eigenvalue weighted by molar-refractivity contribution is 5.86. The first-order valence-electron chi connectivity index (χ1n) is 9.75. The van der Waals surface area contributed by atoms with Crippen LogP contribution in [0.1, 0.15) is 32.0 Å². The zero-order chi connectivity index (χ0) is 22.5. The number of aryl methyl sites for hydroxylation is 2. The minimum atomic E-state index is -0.250. The number of carboxylic acid groups (broad SMARTS) is 1. The quantitative estimate of drug-likeness (QED) is 0.772. The van der Waals surface area contributed by atoms with E-state index in [-0.39, 0.29) is 18.0 Å². The number of rotatable bonds is 3. The van der Waals surface area contributed by atoms with Crippen molar-refractivity contribution in [1.29, 1.82) is 0 Å². The van der Waals surface area contributed by atoms with Crippen LogP contribution in [0, 0.1) is 13.8 Å². The Kier molecular flexibility index (Phi) is 7.37. The molecule has 0 radical (unpaired) electrons. The zero-order valence-corrected chi connectivity index (χ0v) is 18.5. The van der Waals surface area contributed by atoms with Crippen LogP contribution in [0.4, 0.5) is 5.82 Å². The molecular formula is C22H30N4O4. The molecule has 1 aromatic heterocycles. The lowest BCUT2D eigenvalue weighted by molar-refractivity contribution is -0.129. The third kappa shape index (κ3) is 5.68. The molecule has 3 rings (SSSR count). The lowest BCUT2D eigenvalue weighted by Crippen LogP contribution is -2.49. The molecule has 1 aromatic carbocycles. The van der Waals surface area contributed by atoms with Crippen LogP contribution >= 0.6 is 0 Å². The Balaban J connectivity index is 0.00000101. The molecule has 1 aliphatic rings. The molecule has 30 heavy (non-hydrogen) atoms. The van der Waals surface area contributed by atoms with Crippen molar-refractivity contribution in [1.82, 2.24) is 14.9 Å². The van der Waals surface area contributed by atoms with E-state index in [0.717, 1.165) is 40.5 Å². The van der Waals surface area contributed by atoms with Gasteiger partial charge in [0.2, 0.25) is 5.91 Å². The first kappa shape index (κ1) is 23.1. The van der Waals surface area contributed by atoms with Crippen LogP contribution in [0.2, 0.25) is 0 Å². The summed E-state index contributed by atoms with van der Waals surface area (Å²) in [6, 6.07) is 6.09. The maximum atomic E-state index is 12.2. The van der Waals surface area contributed by atoms with Crippen LogP contribution in [0.25, 0.3) is 11.1 Å². The second kappa shape index (κ2) is 9.56. The number of carbonyl (C=O) groups excluding carboxylic acids is 1.